The Morgan fingerprint density at radius 3 is 2.71 bits per heavy atom. The monoisotopic (exact) mass is 288 g/mol. The molecule has 0 radical (unpaired) electrons. The second kappa shape index (κ2) is 5.71. The lowest BCUT2D eigenvalue weighted by molar-refractivity contribution is 0.0697. The van der Waals surface area contributed by atoms with Gasteiger partial charge >= 0.3 is 5.97 Å². The van der Waals surface area contributed by atoms with Gasteiger partial charge in [-0.05, 0) is 19.8 Å². The topological polar surface area (TPSA) is 72.9 Å². The van der Waals surface area contributed by atoms with Crippen LogP contribution in [0.5, 0.6) is 0 Å². The molecule has 3 rings (SSSR count). The van der Waals surface area contributed by atoms with Gasteiger partial charge in [-0.25, -0.2) is 4.79 Å². The van der Waals surface area contributed by atoms with Gasteiger partial charge in [-0.2, -0.15) is 10.2 Å². The summed E-state index contributed by atoms with van der Waals surface area (Å²) in [6.45, 7) is 2.75. The standard InChI is InChI=1S/C15H20N4O2/c1-2-18-9-11(8-16-18)14-13(15(20)21)10-19(17-14)12-6-4-3-5-7-12/h8-10,12H,2-7H2,1H3,(H,20,21). The first kappa shape index (κ1) is 13.9. The van der Waals surface area contributed by atoms with Gasteiger partial charge in [0.25, 0.3) is 0 Å². The van der Waals surface area contributed by atoms with Crippen LogP contribution in [0.3, 0.4) is 0 Å². The molecule has 6 nitrogen and oxygen atoms in total. The molecular weight excluding hydrogens is 268 g/mol. The molecule has 0 amide bonds. The zero-order valence-corrected chi connectivity index (χ0v) is 12.2. The summed E-state index contributed by atoms with van der Waals surface area (Å²) in [6.07, 6.45) is 11.0. The predicted octanol–water partition coefficient (Wildman–Crippen LogP) is 2.97. The van der Waals surface area contributed by atoms with Gasteiger partial charge < -0.3 is 5.11 Å². The van der Waals surface area contributed by atoms with E-state index in [2.05, 4.69) is 10.2 Å². The van der Waals surface area contributed by atoms with Gasteiger partial charge in [0.15, 0.2) is 0 Å². The van der Waals surface area contributed by atoms with E-state index in [9.17, 15) is 9.90 Å². The number of rotatable bonds is 4. The van der Waals surface area contributed by atoms with E-state index in [0.29, 0.717) is 11.7 Å². The molecule has 0 unspecified atom stereocenters. The van der Waals surface area contributed by atoms with Crippen molar-refractivity contribution in [1.82, 2.24) is 19.6 Å². The maximum atomic E-state index is 11.5. The third-order valence-corrected chi connectivity index (χ3v) is 4.14. The van der Waals surface area contributed by atoms with Crippen LogP contribution in [0.4, 0.5) is 0 Å². The molecule has 1 fully saturated rings. The molecule has 21 heavy (non-hydrogen) atoms. The predicted molar refractivity (Wildman–Crippen MR) is 78.2 cm³/mol. The Morgan fingerprint density at radius 1 is 1.33 bits per heavy atom. The highest BCUT2D eigenvalue weighted by atomic mass is 16.4. The van der Waals surface area contributed by atoms with Gasteiger partial charge in [0.2, 0.25) is 0 Å². The van der Waals surface area contributed by atoms with Crippen LogP contribution in [0.2, 0.25) is 0 Å². The first-order valence-corrected chi connectivity index (χ1v) is 7.54. The minimum Gasteiger partial charge on any atom is -0.478 e. The summed E-state index contributed by atoms with van der Waals surface area (Å²) in [5.74, 6) is -0.934. The third kappa shape index (κ3) is 2.70. The van der Waals surface area contributed by atoms with E-state index in [1.54, 1.807) is 17.1 Å². The summed E-state index contributed by atoms with van der Waals surface area (Å²) in [4.78, 5) is 11.5. The van der Waals surface area contributed by atoms with Crippen LogP contribution >= 0.6 is 0 Å². The molecule has 1 N–H and O–H groups in total. The lowest BCUT2D eigenvalue weighted by Crippen LogP contribution is -2.13. The second-order valence-corrected chi connectivity index (χ2v) is 5.55. The van der Waals surface area contributed by atoms with Crippen molar-refractivity contribution in [2.75, 3.05) is 0 Å². The molecular formula is C15H20N4O2. The summed E-state index contributed by atoms with van der Waals surface area (Å²) in [5, 5.41) is 18.2. The van der Waals surface area contributed by atoms with Gasteiger partial charge in [-0.1, -0.05) is 19.3 Å². The van der Waals surface area contributed by atoms with Crippen molar-refractivity contribution < 1.29 is 9.90 Å². The molecule has 112 valence electrons. The first-order valence-electron chi connectivity index (χ1n) is 7.54. The summed E-state index contributed by atoms with van der Waals surface area (Å²) in [5.41, 5.74) is 1.55. The number of hydrogen-bond donors (Lipinski definition) is 1. The quantitative estimate of drug-likeness (QED) is 0.938. The zero-order valence-electron chi connectivity index (χ0n) is 12.2. The molecule has 0 bridgehead atoms. The molecule has 0 atom stereocenters. The van der Waals surface area contributed by atoms with Crippen molar-refractivity contribution in [2.45, 2.75) is 51.6 Å². The van der Waals surface area contributed by atoms with E-state index in [0.717, 1.165) is 24.9 Å². The largest absolute Gasteiger partial charge is 0.478 e. The third-order valence-electron chi connectivity index (χ3n) is 4.14. The second-order valence-electron chi connectivity index (χ2n) is 5.55. The van der Waals surface area contributed by atoms with E-state index in [-0.39, 0.29) is 5.56 Å². The fourth-order valence-electron chi connectivity index (χ4n) is 2.95. The number of hydrogen-bond acceptors (Lipinski definition) is 3. The smallest absolute Gasteiger partial charge is 0.339 e. The number of aryl methyl sites for hydroxylation is 1. The Hall–Kier alpha value is -2.11. The Kier molecular flexibility index (Phi) is 3.77. The fraction of sp³-hybridized carbons (Fsp3) is 0.533. The molecule has 0 saturated heterocycles. The van der Waals surface area contributed by atoms with Crippen LogP contribution in [-0.4, -0.2) is 30.6 Å². The van der Waals surface area contributed by atoms with Gasteiger partial charge in [0.1, 0.15) is 11.3 Å². The van der Waals surface area contributed by atoms with Crippen molar-refractivity contribution in [1.29, 1.82) is 0 Å². The SMILES string of the molecule is CCn1cc(-c2nn(C3CCCCC3)cc2C(=O)O)cn1. The molecule has 2 aromatic heterocycles. The number of carboxylic acids is 1. The molecule has 1 aliphatic carbocycles. The molecule has 0 aromatic carbocycles. The first-order chi connectivity index (χ1) is 10.2. The number of carboxylic acid groups (broad SMARTS) is 1. The molecule has 6 heteroatoms. The Labute approximate surface area is 123 Å². The van der Waals surface area contributed by atoms with Crippen molar-refractivity contribution in [3.8, 4) is 11.3 Å². The molecule has 0 spiro atoms. The van der Waals surface area contributed by atoms with Crippen molar-refractivity contribution in [2.24, 2.45) is 0 Å². The fourth-order valence-corrected chi connectivity index (χ4v) is 2.95. The summed E-state index contributed by atoms with van der Waals surface area (Å²) >= 11 is 0. The van der Waals surface area contributed by atoms with Gasteiger partial charge in [0, 0.05) is 24.5 Å². The number of aromatic nitrogens is 4. The van der Waals surface area contributed by atoms with Crippen LogP contribution in [0.25, 0.3) is 11.3 Å². The molecule has 1 aliphatic rings. The average molecular weight is 288 g/mol. The van der Waals surface area contributed by atoms with Crippen molar-refractivity contribution in [3.63, 3.8) is 0 Å². The van der Waals surface area contributed by atoms with Crippen LogP contribution < -0.4 is 0 Å². The minimum absolute atomic E-state index is 0.260. The highest BCUT2D eigenvalue weighted by Crippen LogP contribution is 2.30. The maximum absolute atomic E-state index is 11.5. The van der Waals surface area contributed by atoms with E-state index in [1.165, 1.54) is 19.3 Å². The number of carbonyl (C=O) groups is 1. The average Bonchev–Trinajstić information content (AvgIpc) is 3.14. The van der Waals surface area contributed by atoms with Crippen LogP contribution in [-0.2, 0) is 6.54 Å². The highest BCUT2D eigenvalue weighted by Gasteiger charge is 2.23. The van der Waals surface area contributed by atoms with Gasteiger partial charge in [-0.15, -0.1) is 0 Å². The molecule has 2 aromatic rings. The maximum Gasteiger partial charge on any atom is 0.339 e. The Balaban J connectivity index is 1.98. The Bertz CT molecular complexity index is 638. The minimum atomic E-state index is -0.934. The summed E-state index contributed by atoms with van der Waals surface area (Å²) in [6, 6.07) is 0.326. The lowest BCUT2D eigenvalue weighted by atomic mass is 9.96. The molecule has 0 aliphatic heterocycles. The normalized spacial score (nSPS) is 16.2. The van der Waals surface area contributed by atoms with Crippen LogP contribution in [0.15, 0.2) is 18.6 Å². The van der Waals surface area contributed by atoms with E-state index >= 15 is 0 Å². The highest BCUT2D eigenvalue weighted by molar-refractivity contribution is 5.94. The van der Waals surface area contributed by atoms with E-state index < -0.39 is 5.97 Å². The zero-order chi connectivity index (χ0) is 14.8. The number of nitrogens with zero attached hydrogens (tertiary/aromatic N) is 4. The lowest BCUT2D eigenvalue weighted by Gasteiger charge is -2.21. The van der Waals surface area contributed by atoms with Gasteiger partial charge in [0.05, 0.1) is 12.2 Å². The van der Waals surface area contributed by atoms with Crippen molar-refractivity contribution >= 4 is 5.97 Å². The van der Waals surface area contributed by atoms with Crippen LogP contribution in [0, 0.1) is 0 Å². The van der Waals surface area contributed by atoms with E-state index in [1.807, 2.05) is 17.8 Å². The molecule has 2 heterocycles. The Morgan fingerprint density at radius 2 is 2.10 bits per heavy atom. The van der Waals surface area contributed by atoms with Crippen molar-refractivity contribution in [3.05, 3.63) is 24.2 Å². The summed E-state index contributed by atoms with van der Waals surface area (Å²) in [7, 11) is 0. The summed E-state index contributed by atoms with van der Waals surface area (Å²) < 4.78 is 3.63. The number of aromatic carboxylic acids is 1. The van der Waals surface area contributed by atoms with Gasteiger partial charge in [-0.3, -0.25) is 9.36 Å². The van der Waals surface area contributed by atoms with Crippen LogP contribution in [0.1, 0.15) is 55.4 Å². The molecule has 1 saturated carbocycles. The van der Waals surface area contributed by atoms with E-state index in [4.69, 9.17) is 0 Å².